The Morgan fingerprint density at radius 1 is 1.22 bits per heavy atom. The minimum absolute atomic E-state index is 0.762. The molecule has 1 aromatic carbocycles. The lowest BCUT2D eigenvalue weighted by Crippen LogP contribution is -2.36. The molecule has 0 radical (unpaired) electrons. The first kappa shape index (κ1) is 13.9. The number of rotatable bonds is 4. The molecule has 100 valence electrons. The van der Waals surface area contributed by atoms with Gasteiger partial charge in [0.05, 0.1) is 0 Å². The van der Waals surface area contributed by atoms with Crippen LogP contribution in [-0.4, -0.2) is 12.6 Å². The maximum atomic E-state index is 3.55. The van der Waals surface area contributed by atoms with Gasteiger partial charge in [-0.25, -0.2) is 0 Å². The number of benzene rings is 1. The highest BCUT2D eigenvalue weighted by molar-refractivity contribution is 9.08. The molecule has 0 amide bonds. The Labute approximate surface area is 120 Å². The van der Waals surface area contributed by atoms with Crippen LogP contribution < -0.4 is 4.90 Å². The van der Waals surface area contributed by atoms with Crippen LogP contribution in [0.5, 0.6) is 0 Å². The summed E-state index contributed by atoms with van der Waals surface area (Å²) >= 11 is 3.55. The van der Waals surface area contributed by atoms with Crippen LogP contribution in [0.15, 0.2) is 18.2 Å². The quantitative estimate of drug-likeness (QED) is 0.704. The number of aryl methyl sites for hydroxylation is 1. The SMILES string of the molecule is CCN(c1ccc(CBr)c(C)c1)C1CCCCC1. The van der Waals surface area contributed by atoms with Gasteiger partial charge in [0.25, 0.3) is 0 Å². The average Bonchev–Trinajstić information content (AvgIpc) is 2.41. The maximum Gasteiger partial charge on any atom is 0.0371 e. The van der Waals surface area contributed by atoms with E-state index in [9.17, 15) is 0 Å². The maximum absolute atomic E-state index is 3.55. The third kappa shape index (κ3) is 3.09. The van der Waals surface area contributed by atoms with Crippen LogP contribution >= 0.6 is 15.9 Å². The monoisotopic (exact) mass is 309 g/mol. The zero-order valence-electron chi connectivity index (χ0n) is 11.6. The highest BCUT2D eigenvalue weighted by Crippen LogP contribution is 2.28. The predicted octanol–water partition coefficient (Wildman–Crippen LogP) is 5.05. The Hall–Kier alpha value is -0.500. The first-order valence-corrected chi connectivity index (χ1v) is 8.30. The molecule has 0 unspecified atom stereocenters. The first-order chi connectivity index (χ1) is 8.76. The fraction of sp³-hybridized carbons (Fsp3) is 0.625. The van der Waals surface area contributed by atoms with Crippen molar-refractivity contribution < 1.29 is 0 Å². The Balaban J connectivity index is 2.18. The van der Waals surface area contributed by atoms with E-state index in [1.807, 2.05) is 0 Å². The molecule has 1 nitrogen and oxygen atoms in total. The Morgan fingerprint density at radius 2 is 1.94 bits per heavy atom. The Bertz CT molecular complexity index is 383. The zero-order valence-corrected chi connectivity index (χ0v) is 13.2. The van der Waals surface area contributed by atoms with Crippen molar-refractivity contribution in [1.29, 1.82) is 0 Å². The third-order valence-electron chi connectivity index (χ3n) is 4.16. The van der Waals surface area contributed by atoms with Crippen molar-refractivity contribution in [2.45, 2.75) is 57.3 Å². The second kappa shape index (κ2) is 6.60. The van der Waals surface area contributed by atoms with Gasteiger partial charge in [-0.15, -0.1) is 0 Å². The molecule has 18 heavy (non-hydrogen) atoms. The van der Waals surface area contributed by atoms with Gasteiger partial charge in [-0.1, -0.05) is 41.3 Å². The molecule has 1 aliphatic rings. The molecule has 0 saturated heterocycles. The average molecular weight is 310 g/mol. The normalized spacial score (nSPS) is 16.8. The molecule has 2 rings (SSSR count). The lowest BCUT2D eigenvalue weighted by Gasteiger charge is -2.35. The van der Waals surface area contributed by atoms with Crippen LogP contribution in [0.3, 0.4) is 0 Å². The molecule has 2 heteroatoms. The molecular formula is C16H24BrN. The van der Waals surface area contributed by atoms with Crippen LogP contribution in [0.1, 0.15) is 50.2 Å². The molecule has 1 fully saturated rings. The molecule has 0 bridgehead atoms. The van der Waals surface area contributed by atoms with Gasteiger partial charge in [0.1, 0.15) is 0 Å². The van der Waals surface area contributed by atoms with E-state index in [0.29, 0.717) is 0 Å². The molecule has 0 atom stereocenters. The molecule has 0 heterocycles. The molecule has 0 aliphatic heterocycles. The number of nitrogens with zero attached hydrogens (tertiary/aromatic N) is 1. The van der Waals surface area contributed by atoms with Gasteiger partial charge < -0.3 is 4.90 Å². The highest BCUT2D eigenvalue weighted by Gasteiger charge is 2.20. The summed E-state index contributed by atoms with van der Waals surface area (Å²) in [5.74, 6) is 0. The predicted molar refractivity (Wildman–Crippen MR) is 83.7 cm³/mol. The molecule has 1 aliphatic carbocycles. The van der Waals surface area contributed by atoms with E-state index < -0.39 is 0 Å². The van der Waals surface area contributed by atoms with Crippen LogP contribution in [-0.2, 0) is 5.33 Å². The first-order valence-electron chi connectivity index (χ1n) is 7.18. The van der Waals surface area contributed by atoms with Gasteiger partial charge >= 0.3 is 0 Å². The van der Waals surface area contributed by atoms with Gasteiger partial charge in [0, 0.05) is 23.6 Å². The summed E-state index contributed by atoms with van der Waals surface area (Å²) in [5.41, 5.74) is 4.21. The van der Waals surface area contributed by atoms with E-state index in [4.69, 9.17) is 0 Å². The number of hydrogen-bond donors (Lipinski definition) is 0. The largest absolute Gasteiger partial charge is 0.369 e. The summed E-state index contributed by atoms with van der Waals surface area (Å²) in [4.78, 5) is 2.60. The zero-order chi connectivity index (χ0) is 13.0. The highest BCUT2D eigenvalue weighted by atomic mass is 79.9. The van der Waals surface area contributed by atoms with Crippen molar-refractivity contribution >= 4 is 21.6 Å². The van der Waals surface area contributed by atoms with Crippen molar-refractivity contribution in [2.75, 3.05) is 11.4 Å². The van der Waals surface area contributed by atoms with E-state index in [2.05, 4.69) is 52.9 Å². The number of anilines is 1. The molecule has 1 aromatic rings. The van der Waals surface area contributed by atoms with Crippen molar-refractivity contribution in [2.24, 2.45) is 0 Å². The molecule has 0 N–H and O–H groups in total. The number of hydrogen-bond acceptors (Lipinski definition) is 1. The van der Waals surface area contributed by atoms with E-state index in [0.717, 1.165) is 17.9 Å². The lowest BCUT2D eigenvalue weighted by atomic mass is 9.93. The van der Waals surface area contributed by atoms with Crippen LogP contribution in [0.4, 0.5) is 5.69 Å². The summed E-state index contributed by atoms with van der Waals surface area (Å²) in [7, 11) is 0. The van der Waals surface area contributed by atoms with Gasteiger partial charge in [-0.2, -0.15) is 0 Å². The Kier molecular flexibility index (Phi) is 5.11. The summed E-state index contributed by atoms with van der Waals surface area (Å²) in [6.45, 7) is 5.62. The summed E-state index contributed by atoms with van der Waals surface area (Å²) in [5, 5.41) is 0.953. The van der Waals surface area contributed by atoms with Crippen molar-refractivity contribution in [3.8, 4) is 0 Å². The number of halogens is 1. The molecule has 1 saturated carbocycles. The molecular weight excluding hydrogens is 286 g/mol. The van der Waals surface area contributed by atoms with Gasteiger partial charge in [0.2, 0.25) is 0 Å². The van der Waals surface area contributed by atoms with Crippen LogP contribution in [0.25, 0.3) is 0 Å². The fourth-order valence-corrected chi connectivity index (χ4v) is 3.68. The molecule has 0 aromatic heterocycles. The summed E-state index contributed by atoms with van der Waals surface area (Å²) in [6.07, 6.45) is 6.97. The van der Waals surface area contributed by atoms with E-state index >= 15 is 0 Å². The van der Waals surface area contributed by atoms with Gasteiger partial charge in [-0.3, -0.25) is 0 Å². The van der Waals surface area contributed by atoms with Crippen molar-refractivity contribution in [3.63, 3.8) is 0 Å². The van der Waals surface area contributed by atoms with Crippen molar-refractivity contribution in [1.82, 2.24) is 0 Å². The van der Waals surface area contributed by atoms with Crippen LogP contribution in [0, 0.1) is 6.92 Å². The standard InChI is InChI=1S/C16H24BrN/c1-3-18(15-7-5-4-6-8-15)16-10-9-14(12-17)13(2)11-16/h9-11,15H,3-8,12H2,1-2H3. The second-order valence-corrected chi connectivity index (χ2v) is 5.88. The fourth-order valence-electron chi connectivity index (χ4n) is 3.05. The van der Waals surface area contributed by atoms with Gasteiger partial charge in [0.15, 0.2) is 0 Å². The van der Waals surface area contributed by atoms with E-state index in [1.54, 1.807) is 0 Å². The minimum Gasteiger partial charge on any atom is -0.369 e. The topological polar surface area (TPSA) is 3.24 Å². The smallest absolute Gasteiger partial charge is 0.0371 e. The van der Waals surface area contributed by atoms with E-state index in [1.165, 1.54) is 48.9 Å². The second-order valence-electron chi connectivity index (χ2n) is 5.32. The summed E-state index contributed by atoms with van der Waals surface area (Å²) < 4.78 is 0. The van der Waals surface area contributed by atoms with Gasteiger partial charge in [-0.05, 0) is 49.9 Å². The van der Waals surface area contributed by atoms with Crippen molar-refractivity contribution in [3.05, 3.63) is 29.3 Å². The Morgan fingerprint density at radius 3 is 2.50 bits per heavy atom. The third-order valence-corrected chi connectivity index (χ3v) is 4.76. The minimum atomic E-state index is 0.762. The van der Waals surface area contributed by atoms with Crippen LogP contribution in [0.2, 0.25) is 0 Å². The molecule has 0 spiro atoms. The van der Waals surface area contributed by atoms with E-state index in [-0.39, 0.29) is 0 Å². The lowest BCUT2D eigenvalue weighted by molar-refractivity contribution is 0.418. The summed E-state index contributed by atoms with van der Waals surface area (Å²) in [6, 6.07) is 7.68. The number of alkyl halides is 1.